The highest BCUT2D eigenvalue weighted by molar-refractivity contribution is 7.80. The first-order valence-corrected chi connectivity index (χ1v) is 10.00. The molecule has 0 spiro atoms. The van der Waals surface area contributed by atoms with Crippen LogP contribution in [0, 0.1) is 0 Å². The molecule has 7 heteroatoms. The normalized spacial score (nSPS) is 14.3. The highest BCUT2D eigenvalue weighted by atomic mass is 32.1. The van der Waals surface area contributed by atoms with E-state index in [0.717, 1.165) is 56.6 Å². The summed E-state index contributed by atoms with van der Waals surface area (Å²) in [6.07, 6.45) is 0. The summed E-state index contributed by atoms with van der Waals surface area (Å²) in [6, 6.07) is 15.3. The van der Waals surface area contributed by atoms with E-state index >= 15 is 0 Å². The van der Waals surface area contributed by atoms with E-state index in [1.165, 1.54) is 0 Å². The fourth-order valence-electron chi connectivity index (χ4n) is 2.88. The van der Waals surface area contributed by atoms with E-state index in [1.807, 2.05) is 55.5 Å². The van der Waals surface area contributed by atoms with E-state index in [9.17, 15) is 0 Å². The Morgan fingerprint density at radius 2 is 1.79 bits per heavy atom. The molecule has 1 aliphatic heterocycles. The SMILES string of the molecule is CCOc1ccc(Oc2ccccc2NC(=S)NCCN2CCOCC2)cc1. The molecule has 2 N–H and O–H groups in total. The monoisotopic (exact) mass is 401 g/mol. The summed E-state index contributed by atoms with van der Waals surface area (Å²) in [6.45, 7) is 7.88. The molecular formula is C21H27N3O3S. The quantitative estimate of drug-likeness (QED) is 0.657. The number of anilines is 1. The number of nitrogens with zero attached hydrogens (tertiary/aromatic N) is 1. The van der Waals surface area contributed by atoms with Gasteiger partial charge >= 0.3 is 0 Å². The maximum absolute atomic E-state index is 6.02. The number of ether oxygens (including phenoxy) is 3. The van der Waals surface area contributed by atoms with Gasteiger partial charge in [0.05, 0.1) is 25.5 Å². The second kappa shape index (κ2) is 10.8. The van der Waals surface area contributed by atoms with Crippen LogP contribution in [0.2, 0.25) is 0 Å². The maximum atomic E-state index is 6.02. The molecule has 6 nitrogen and oxygen atoms in total. The lowest BCUT2D eigenvalue weighted by Crippen LogP contribution is -2.42. The first kappa shape index (κ1) is 20.4. The third-order valence-electron chi connectivity index (χ3n) is 4.32. The maximum Gasteiger partial charge on any atom is 0.170 e. The van der Waals surface area contributed by atoms with Crippen LogP contribution in [0.4, 0.5) is 5.69 Å². The van der Waals surface area contributed by atoms with Crippen LogP contribution in [-0.4, -0.2) is 56.0 Å². The van der Waals surface area contributed by atoms with Crippen molar-refractivity contribution in [3.63, 3.8) is 0 Å². The summed E-state index contributed by atoms with van der Waals surface area (Å²) in [7, 11) is 0. The van der Waals surface area contributed by atoms with E-state index in [-0.39, 0.29) is 0 Å². The summed E-state index contributed by atoms with van der Waals surface area (Å²) in [5, 5.41) is 7.06. The smallest absolute Gasteiger partial charge is 0.170 e. The number of morpholine rings is 1. The van der Waals surface area contributed by atoms with Crippen LogP contribution in [0.25, 0.3) is 0 Å². The molecule has 3 rings (SSSR count). The Bertz CT molecular complexity index is 749. The summed E-state index contributed by atoms with van der Waals surface area (Å²) >= 11 is 5.44. The zero-order valence-corrected chi connectivity index (χ0v) is 17.0. The van der Waals surface area contributed by atoms with Crippen LogP contribution in [0.3, 0.4) is 0 Å². The predicted octanol–water partition coefficient (Wildman–Crippen LogP) is 3.50. The molecule has 0 unspecified atom stereocenters. The molecule has 1 fully saturated rings. The summed E-state index contributed by atoms with van der Waals surface area (Å²) in [4.78, 5) is 2.36. The Kier molecular flexibility index (Phi) is 7.90. The summed E-state index contributed by atoms with van der Waals surface area (Å²) < 4.78 is 16.8. The van der Waals surface area contributed by atoms with Gasteiger partial charge in [0.1, 0.15) is 11.5 Å². The fourth-order valence-corrected chi connectivity index (χ4v) is 3.09. The minimum absolute atomic E-state index is 0.580. The van der Waals surface area contributed by atoms with Crippen LogP contribution >= 0.6 is 12.2 Å². The number of rotatable bonds is 8. The van der Waals surface area contributed by atoms with Gasteiger partial charge in [-0.15, -0.1) is 0 Å². The minimum Gasteiger partial charge on any atom is -0.494 e. The van der Waals surface area contributed by atoms with Gasteiger partial charge in [-0.2, -0.15) is 0 Å². The summed E-state index contributed by atoms with van der Waals surface area (Å²) in [5.41, 5.74) is 0.820. The molecule has 2 aromatic carbocycles. The molecule has 150 valence electrons. The Hall–Kier alpha value is -2.35. The van der Waals surface area contributed by atoms with Gasteiger partial charge in [-0.3, -0.25) is 4.90 Å². The van der Waals surface area contributed by atoms with Gasteiger partial charge in [0.15, 0.2) is 10.9 Å². The second-order valence-corrected chi connectivity index (χ2v) is 6.75. The largest absolute Gasteiger partial charge is 0.494 e. The Morgan fingerprint density at radius 1 is 1.07 bits per heavy atom. The molecule has 0 bridgehead atoms. The highest BCUT2D eigenvalue weighted by Crippen LogP contribution is 2.30. The molecule has 0 saturated carbocycles. The van der Waals surface area contributed by atoms with E-state index in [4.69, 9.17) is 26.4 Å². The Labute approximate surface area is 171 Å². The van der Waals surface area contributed by atoms with Gasteiger partial charge in [0.25, 0.3) is 0 Å². The number of benzene rings is 2. The fraction of sp³-hybridized carbons (Fsp3) is 0.381. The molecule has 1 aliphatic rings. The number of para-hydroxylation sites is 2. The van der Waals surface area contributed by atoms with Crippen molar-refractivity contribution in [1.82, 2.24) is 10.2 Å². The van der Waals surface area contributed by atoms with Crippen molar-refractivity contribution in [2.24, 2.45) is 0 Å². The molecule has 0 aliphatic carbocycles. The van der Waals surface area contributed by atoms with E-state index in [0.29, 0.717) is 17.5 Å². The van der Waals surface area contributed by atoms with Crippen molar-refractivity contribution in [3.05, 3.63) is 48.5 Å². The number of hydrogen-bond acceptors (Lipinski definition) is 5. The first-order chi connectivity index (χ1) is 13.7. The lowest BCUT2D eigenvalue weighted by molar-refractivity contribution is 0.0389. The van der Waals surface area contributed by atoms with E-state index < -0.39 is 0 Å². The predicted molar refractivity (Wildman–Crippen MR) is 116 cm³/mol. The zero-order chi connectivity index (χ0) is 19.6. The molecule has 28 heavy (non-hydrogen) atoms. The van der Waals surface area contributed by atoms with Gasteiger partial charge in [-0.1, -0.05) is 12.1 Å². The standard InChI is InChI=1S/C21H27N3O3S/c1-2-26-17-7-9-18(10-8-17)27-20-6-4-3-5-19(20)23-21(28)22-11-12-24-13-15-25-16-14-24/h3-10H,2,11-16H2,1H3,(H2,22,23,28). The molecule has 1 heterocycles. The van der Waals surface area contributed by atoms with Crippen LogP contribution < -0.4 is 20.1 Å². The average Bonchev–Trinajstić information content (AvgIpc) is 2.72. The summed E-state index contributed by atoms with van der Waals surface area (Å²) in [5.74, 6) is 2.28. The minimum atomic E-state index is 0.580. The van der Waals surface area contributed by atoms with Crippen molar-refractivity contribution >= 4 is 23.0 Å². The molecule has 0 amide bonds. The van der Waals surface area contributed by atoms with Crippen molar-refractivity contribution in [3.8, 4) is 17.2 Å². The van der Waals surface area contributed by atoms with Crippen LogP contribution in [0.1, 0.15) is 6.92 Å². The zero-order valence-electron chi connectivity index (χ0n) is 16.1. The van der Waals surface area contributed by atoms with Crippen molar-refractivity contribution < 1.29 is 14.2 Å². The van der Waals surface area contributed by atoms with Crippen molar-refractivity contribution in [1.29, 1.82) is 0 Å². The molecule has 0 radical (unpaired) electrons. The van der Waals surface area contributed by atoms with Gasteiger partial charge in [-0.05, 0) is 55.5 Å². The van der Waals surface area contributed by atoms with Crippen LogP contribution in [0.5, 0.6) is 17.2 Å². The first-order valence-electron chi connectivity index (χ1n) is 9.59. The van der Waals surface area contributed by atoms with E-state index in [1.54, 1.807) is 0 Å². The van der Waals surface area contributed by atoms with Crippen molar-refractivity contribution in [2.45, 2.75) is 6.92 Å². The third kappa shape index (κ3) is 6.37. The van der Waals surface area contributed by atoms with Crippen molar-refractivity contribution in [2.75, 3.05) is 51.3 Å². The molecule has 1 saturated heterocycles. The van der Waals surface area contributed by atoms with Gasteiger partial charge in [0.2, 0.25) is 0 Å². The molecular weight excluding hydrogens is 374 g/mol. The number of hydrogen-bond donors (Lipinski definition) is 2. The van der Waals surface area contributed by atoms with Gasteiger partial charge < -0.3 is 24.8 Å². The molecule has 0 aromatic heterocycles. The molecule has 0 atom stereocenters. The highest BCUT2D eigenvalue weighted by Gasteiger charge is 2.10. The third-order valence-corrected chi connectivity index (χ3v) is 4.56. The number of nitrogens with one attached hydrogen (secondary N) is 2. The van der Waals surface area contributed by atoms with E-state index in [2.05, 4.69) is 15.5 Å². The average molecular weight is 402 g/mol. The second-order valence-electron chi connectivity index (χ2n) is 6.34. The van der Waals surface area contributed by atoms with Crippen LogP contribution in [-0.2, 0) is 4.74 Å². The Morgan fingerprint density at radius 3 is 2.54 bits per heavy atom. The lowest BCUT2D eigenvalue weighted by Gasteiger charge is -2.26. The van der Waals surface area contributed by atoms with Gasteiger partial charge in [0, 0.05) is 26.2 Å². The molecule has 2 aromatic rings. The van der Waals surface area contributed by atoms with Gasteiger partial charge in [-0.25, -0.2) is 0 Å². The topological polar surface area (TPSA) is 55.0 Å². The lowest BCUT2D eigenvalue weighted by atomic mass is 10.3. The number of thiocarbonyl (C=S) groups is 1. The van der Waals surface area contributed by atoms with Crippen LogP contribution in [0.15, 0.2) is 48.5 Å². The Balaban J connectivity index is 1.51.